The van der Waals surface area contributed by atoms with Crippen molar-refractivity contribution >= 4 is 56.5 Å². The fourth-order valence-electron chi connectivity index (χ4n) is 2.08. The molecule has 3 aromatic rings. The van der Waals surface area contributed by atoms with Gasteiger partial charge in [-0.05, 0) is 17.7 Å². The van der Waals surface area contributed by atoms with Crippen LogP contribution in [0.1, 0.15) is 5.56 Å². The predicted octanol–water partition coefficient (Wildman–Crippen LogP) is 4.27. The average molecular weight is 394 g/mol. The molecule has 1 N–H and O–H groups in total. The Labute approximate surface area is 156 Å². The van der Waals surface area contributed by atoms with E-state index >= 15 is 0 Å². The van der Waals surface area contributed by atoms with E-state index in [0.717, 1.165) is 10.3 Å². The number of amides is 1. The lowest BCUT2D eigenvalue weighted by molar-refractivity contribution is -0.384. The third-order valence-corrected chi connectivity index (χ3v) is 5.85. The molecule has 0 aliphatic rings. The summed E-state index contributed by atoms with van der Waals surface area (Å²) in [5, 5.41) is 14.2. The number of hydrogen-bond donors (Lipinski definition) is 1. The standard InChI is InChI=1S/C16H12ClN3O3S2/c17-12-4-2-1-3-10(12)8-18-15(21)9-24-16-19-13-6-5-11(20(22)23)7-14(13)25-16/h1-7H,8-9H2,(H,18,21). The molecule has 25 heavy (non-hydrogen) atoms. The van der Waals surface area contributed by atoms with E-state index in [0.29, 0.717) is 21.4 Å². The SMILES string of the molecule is O=C(CSc1nc2ccc([N+](=O)[O-])cc2s1)NCc1ccccc1Cl. The van der Waals surface area contributed by atoms with Gasteiger partial charge in [0.1, 0.15) is 0 Å². The maximum Gasteiger partial charge on any atom is 0.270 e. The average Bonchev–Trinajstić information content (AvgIpc) is 3.01. The maximum atomic E-state index is 12.0. The number of halogens is 1. The van der Waals surface area contributed by atoms with Crippen molar-refractivity contribution in [2.75, 3.05) is 5.75 Å². The smallest absolute Gasteiger partial charge is 0.270 e. The van der Waals surface area contributed by atoms with Crippen LogP contribution in [0.5, 0.6) is 0 Å². The highest BCUT2D eigenvalue weighted by Gasteiger charge is 2.12. The van der Waals surface area contributed by atoms with Gasteiger partial charge in [-0.2, -0.15) is 0 Å². The highest BCUT2D eigenvalue weighted by atomic mass is 35.5. The molecule has 0 bridgehead atoms. The summed E-state index contributed by atoms with van der Waals surface area (Å²) < 4.78 is 1.43. The lowest BCUT2D eigenvalue weighted by Crippen LogP contribution is -2.24. The van der Waals surface area contributed by atoms with E-state index in [1.807, 2.05) is 18.2 Å². The van der Waals surface area contributed by atoms with Gasteiger partial charge in [-0.1, -0.05) is 41.6 Å². The van der Waals surface area contributed by atoms with E-state index in [-0.39, 0.29) is 17.3 Å². The summed E-state index contributed by atoms with van der Waals surface area (Å²) in [7, 11) is 0. The van der Waals surface area contributed by atoms with Crippen molar-refractivity contribution < 1.29 is 9.72 Å². The minimum Gasteiger partial charge on any atom is -0.351 e. The number of fused-ring (bicyclic) bond motifs is 1. The molecule has 1 heterocycles. The van der Waals surface area contributed by atoms with Crippen LogP contribution in [-0.4, -0.2) is 21.6 Å². The molecule has 0 spiro atoms. The maximum absolute atomic E-state index is 12.0. The quantitative estimate of drug-likeness (QED) is 0.384. The number of aromatic nitrogens is 1. The van der Waals surface area contributed by atoms with Crippen LogP contribution in [0.15, 0.2) is 46.8 Å². The summed E-state index contributed by atoms with van der Waals surface area (Å²) in [6.07, 6.45) is 0. The number of carbonyl (C=O) groups excluding carboxylic acids is 1. The number of non-ortho nitro benzene ring substituents is 1. The number of hydrogen-bond acceptors (Lipinski definition) is 6. The fraction of sp³-hybridized carbons (Fsp3) is 0.125. The van der Waals surface area contributed by atoms with Crippen molar-refractivity contribution in [3.8, 4) is 0 Å². The summed E-state index contributed by atoms with van der Waals surface area (Å²) in [6.45, 7) is 0.366. The van der Waals surface area contributed by atoms with Gasteiger partial charge in [0.2, 0.25) is 5.91 Å². The van der Waals surface area contributed by atoms with E-state index < -0.39 is 4.92 Å². The summed E-state index contributed by atoms with van der Waals surface area (Å²) in [6, 6.07) is 11.9. The molecule has 0 aliphatic carbocycles. The van der Waals surface area contributed by atoms with Crippen LogP contribution < -0.4 is 5.32 Å². The molecule has 0 fully saturated rings. The van der Waals surface area contributed by atoms with Crippen LogP contribution in [0.3, 0.4) is 0 Å². The zero-order chi connectivity index (χ0) is 17.8. The number of nitro groups is 1. The Balaban J connectivity index is 1.57. The van der Waals surface area contributed by atoms with Crippen LogP contribution >= 0.6 is 34.7 Å². The monoisotopic (exact) mass is 393 g/mol. The number of carbonyl (C=O) groups is 1. The second kappa shape index (κ2) is 7.81. The second-order valence-corrected chi connectivity index (χ2v) is 7.71. The highest BCUT2D eigenvalue weighted by molar-refractivity contribution is 8.01. The summed E-state index contributed by atoms with van der Waals surface area (Å²) >= 11 is 8.68. The Morgan fingerprint density at radius 1 is 1.32 bits per heavy atom. The molecule has 128 valence electrons. The predicted molar refractivity (Wildman–Crippen MR) is 100 cm³/mol. The summed E-state index contributed by atoms with van der Waals surface area (Å²) in [5.74, 6) is 0.0852. The normalized spacial score (nSPS) is 10.8. The van der Waals surface area contributed by atoms with Gasteiger partial charge in [0.25, 0.3) is 5.69 Å². The number of thiazole rings is 1. The lowest BCUT2D eigenvalue weighted by atomic mass is 10.2. The Morgan fingerprint density at radius 2 is 2.12 bits per heavy atom. The Hall–Kier alpha value is -2.16. The first-order chi connectivity index (χ1) is 12.0. The Morgan fingerprint density at radius 3 is 2.88 bits per heavy atom. The molecule has 1 aromatic heterocycles. The van der Waals surface area contributed by atoms with E-state index in [1.165, 1.54) is 35.2 Å². The first kappa shape index (κ1) is 17.7. The summed E-state index contributed by atoms with van der Waals surface area (Å²) in [5.41, 5.74) is 1.58. The number of rotatable bonds is 6. The largest absolute Gasteiger partial charge is 0.351 e. The molecule has 0 aliphatic heterocycles. The van der Waals surface area contributed by atoms with Crippen molar-refractivity contribution in [3.05, 3.63) is 63.2 Å². The molecule has 9 heteroatoms. The van der Waals surface area contributed by atoms with Crippen LogP contribution in [0.25, 0.3) is 10.2 Å². The number of nitrogens with zero attached hydrogens (tertiary/aromatic N) is 2. The van der Waals surface area contributed by atoms with Crippen LogP contribution in [0.2, 0.25) is 5.02 Å². The summed E-state index contributed by atoms with van der Waals surface area (Å²) in [4.78, 5) is 26.7. The Bertz CT molecular complexity index is 945. The van der Waals surface area contributed by atoms with Crippen LogP contribution in [-0.2, 0) is 11.3 Å². The first-order valence-corrected chi connectivity index (χ1v) is 9.39. The van der Waals surface area contributed by atoms with Gasteiger partial charge in [-0.15, -0.1) is 11.3 Å². The van der Waals surface area contributed by atoms with E-state index in [1.54, 1.807) is 12.1 Å². The van der Waals surface area contributed by atoms with E-state index in [2.05, 4.69) is 10.3 Å². The number of thioether (sulfide) groups is 1. The van der Waals surface area contributed by atoms with Crippen molar-refractivity contribution in [1.82, 2.24) is 10.3 Å². The van der Waals surface area contributed by atoms with Crippen LogP contribution in [0.4, 0.5) is 5.69 Å². The van der Waals surface area contributed by atoms with E-state index in [4.69, 9.17) is 11.6 Å². The molecule has 3 rings (SSSR count). The highest BCUT2D eigenvalue weighted by Crippen LogP contribution is 2.31. The molecule has 0 saturated carbocycles. The lowest BCUT2D eigenvalue weighted by Gasteiger charge is -2.06. The number of nitro benzene ring substituents is 1. The molecular formula is C16H12ClN3O3S2. The fourth-order valence-corrected chi connectivity index (χ4v) is 4.22. The van der Waals surface area contributed by atoms with Crippen molar-refractivity contribution in [1.29, 1.82) is 0 Å². The minimum atomic E-state index is -0.436. The minimum absolute atomic E-state index is 0.0326. The molecule has 1 amide bonds. The third-order valence-electron chi connectivity index (χ3n) is 3.32. The molecule has 0 unspecified atom stereocenters. The number of benzene rings is 2. The molecule has 0 saturated heterocycles. The van der Waals surface area contributed by atoms with Gasteiger partial charge >= 0.3 is 0 Å². The third kappa shape index (κ3) is 4.47. The Kier molecular flexibility index (Phi) is 5.52. The van der Waals surface area contributed by atoms with Gasteiger partial charge in [0.05, 0.1) is 20.9 Å². The molecule has 2 aromatic carbocycles. The van der Waals surface area contributed by atoms with Gasteiger partial charge in [0, 0.05) is 23.7 Å². The van der Waals surface area contributed by atoms with Crippen LogP contribution in [0, 0.1) is 10.1 Å². The topological polar surface area (TPSA) is 85.1 Å². The molecule has 0 atom stereocenters. The van der Waals surface area contributed by atoms with Crippen molar-refractivity contribution in [2.45, 2.75) is 10.9 Å². The second-order valence-electron chi connectivity index (χ2n) is 5.05. The number of nitrogens with one attached hydrogen (secondary N) is 1. The first-order valence-electron chi connectivity index (χ1n) is 7.21. The van der Waals surface area contributed by atoms with Gasteiger partial charge in [0.15, 0.2) is 4.34 Å². The zero-order valence-corrected chi connectivity index (χ0v) is 15.2. The van der Waals surface area contributed by atoms with E-state index in [9.17, 15) is 14.9 Å². The van der Waals surface area contributed by atoms with Gasteiger partial charge < -0.3 is 5.32 Å². The molecule has 0 radical (unpaired) electrons. The van der Waals surface area contributed by atoms with Crippen molar-refractivity contribution in [3.63, 3.8) is 0 Å². The van der Waals surface area contributed by atoms with Crippen molar-refractivity contribution in [2.24, 2.45) is 0 Å². The zero-order valence-electron chi connectivity index (χ0n) is 12.8. The van der Waals surface area contributed by atoms with Gasteiger partial charge in [-0.3, -0.25) is 14.9 Å². The van der Waals surface area contributed by atoms with Gasteiger partial charge in [-0.25, -0.2) is 4.98 Å². The molecule has 6 nitrogen and oxygen atoms in total. The molecular weight excluding hydrogens is 382 g/mol.